The number of methoxy groups -OCH3 is 1. The Morgan fingerprint density at radius 1 is 1.46 bits per heavy atom. The van der Waals surface area contributed by atoms with E-state index in [2.05, 4.69) is 0 Å². The molecule has 13 heavy (non-hydrogen) atoms. The summed E-state index contributed by atoms with van der Waals surface area (Å²) < 4.78 is 5.21. The summed E-state index contributed by atoms with van der Waals surface area (Å²) in [6.45, 7) is 0.783. The quantitative estimate of drug-likeness (QED) is 0.654. The normalized spacial score (nSPS) is 39.2. The second kappa shape index (κ2) is 3.41. The number of rotatable bonds is 2. The second-order valence-electron chi connectivity index (χ2n) is 4.48. The van der Waals surface area contributed by atoms with Gasteiger partial charge in [-0.2, -0.15) is 0 Å². The standard InChI is InChI=1S/C11H18O2/c1-13-8-9-4-2-6-11(9)7-3-5-10(11)12/h9H,2-8H2,1H3/t9-,11+/m0/s1. The number of ether oxygens (including phenoxy) is 1. The molecule has 0 amide bonds. The summed E-state index contributed by atoms with van der Waals surface area (Å²) in [6.07, 6.45) is 6.60. The van der Waals surface area contributed by atoms with Crippen molar-refractivity contribution in [3.05, 3.63) is 0 Å². The van der Waals surface area contributed by atoms with Gasteiger partial charge in [0.05, 0.1) is 0 Å². The van der Waals surface area contributed by atoms with Gasteiger partial charge in [-0.25, -0.2) is 0 Å². The molecular weight excluding hydrogens is 164 g/mol. The molecule has 0 saturated heterocycles. The molecule has 0 aromatic carbocycles. The van der Waals surface area contributed by atoms with Crippen LogP contribution in [0.2, 0.25) is 0 Å². The number of carbonyl (C=O) groups is 1. The average Bonchev–Trinajstić information content (AvgIpc) is 2.65. The van der Waals surface area contributed by atoms with Crippen LogP contribution in [0, 0.1) is 11.3 Å². The van der Waals surface area contributed by atoms with Gasteiger partial charge < -0.3 is 4.74 Å². The number of hydrogen-bond acceptors (Lipinski definition) is 2. The van der Waals surface area contributed by atoms with Crippen molar-refractivity contribution in [2.45, 2.75) is 38.5 Å². The lowest BCUT2D eigenvalue weighted by atomic mass is 9.76. The van der Waals surface area contributed by atoms with Crippen LogP contribution in [0.3, 0.4) is 0 Å². The molecule has 2 aliphatic carbocycles. The van der Waals surface area contributed by atoms with Crippen LogP contribution >= 0.6 is 0 Å². The Balaban J connectivity index is 2.14. The largest absolute Gasteiger partial charge is 0.384 e. The highest BCUT2D eigenvalue weighted by Crippen LogP contribution is 2.51. The van der Waals surface area contributed by atoms with E-state index in [1.54, 1.807) is 7.11 Å². The topological polar surface area (TPSA) is 26.3 Å². The predicted molar refractivity (Wildman–Crippen MR) is 50.5 cm³/mol. The van der Waals surface area contributed by atoms with E-state index in [0.29, 0.717) is 11.7 Å². The minimum Gasteiger partial charge on any atom is -0.384 e. The number of hydrogen-bond donors (Lipinski definition) is 0. The summed E-state index contributed by atoms with van der Waals surface area (Å²) in [6, 6.07) is 0. The molecule has 2 nitrogen and oxygen atoms in total. The highest BCUT2D eigenvalue weighted by Gasteiger charge is 2.50. The van der Waals surface area contributed by atoms with Crippen LogP contribution in [0.4, 0.5) is 0 Å². The number of Topliss-reactive ketones (excluding diaryl/α,β-unsaturated/α-hetero) is 1. The molecule has 0 radical (unpaired) electrons. The average molecular weight is 182 g/mol. The van der Waals surface area contributed by atoms with Gasteiger partial charge in [0.15, 0.2) is 0 Å². The molecule has 2 saturated carbocycles. The number of ketones is 1. The van der Waals surface area contributed by atoms with Crippen LogP contribution in [0.15, 0.2) is 0 Å². The Morgan fingerprint density at radius 2 is 2.23 bits per heavy atom. The van der Waals surface area contributed by atoms with E-state index in [9.17, 15) is 4.79 Å². The van der Waals surface area contributed by atoms with Crippen LogP contribution in [-0.4, -0.2) is 19.5 Å². The third-order valence-electron chi connectivity index (χ3n) is 3.91. The maximum absolute atomic E-state index is 11.8. The summed E-state index contributed by atoms with van der Waals surface area (Å²) in [5, 5.41) is 0. The zero-order valence-corrected chi connectivity index (χ0v) is 8.34. The Bertz CT molecular complexity index is 208. The van der Waals surface area contributed by atoms with E-state index in [-0.39, 0.29) is 5.41 Å². The first-order valence-electron chi connectivity index (χ1n) is 5.32. The maximum atomic E-state index is 11.8. The lowest BCUT2D eigenvalue weighted by Crippen LogP contribution is -2.32. The zero-order valence-electron chi connectivity index (χ0n) is 8.34. The molecule has 0 bridgehead atoms. The molecule has 2 heteroatoms. The van der Waals surface area contributed by atoms with Gasteiger partial charge in [0.1, 0.15) is 5.78 Å². The van der Waals surface area contributed by atoms with Gasteiger partial charge >= 0.3 is 0 Å². The van der Waals surface area contributed by atoms with Gasteiger partial charge in [-0.3, -0.25) is 4.79 Å². The fourth-order valence-electron chi connectivity index (χ4n) is 3.24. The number of carbonyl (C=O) groups excluding carboxylic acids is 1. The molecule has 2 atom stereocenters. The van der Waals surface area contributed by atoms with E-state index < -0.39 is 0 Å². The van der Waals surface area contributed by atoms with Gasteiger partial charge in [0.25, 0.3) is 0 Å². The lowest BCUT2D eigenvalue weighted by Gasteiger charge is -2.28. The van der Waals surface area contributed by atoms with Gasteiger partial charge in [0.2, 0.25) is 0 Å². The zero-order chi connectivity index (χ0) is 9.31. The molecule has 2 rings (SSSR count). The van der Waals surface area contributed by atoms with Crippen molar-refractivity contribution >= 4 is 5.78 Å². The highest BCUT2D eigenvalue weighted by atomic mass is 16.5. The third kappa shape index (κ3) is 1.32. The Hall–Kier alpha value is -0.370. The van der Waals surface area contributed by atoms with Gasteiger partial charge in [-0.05, 0) is 31.6 Å². The van der Waals surface area contributed by atoms with Crippen molar-refractivity contribution in [3.8, 4) is 0 Å². The smallest absolute Gasteiger partial charge is 0.139 e. The first-order valence-corrected chi connectivity index (χ1v) is 5.32. The van der Waals surface area contributed by atoms with Crippen molar-refractivity contribution < 1.29 is 9.53 Å². The highest BCUT2D eigenvalue weighted by molar-refractivity contribution is 5.87. The van der Waals surface area contributed by atoms with Crippen molar-refractivity contribution in [1.29, 1.82) is 0 Å². The Kier molecular flexibility index (Phi) is 2.41. The molecule has 0 aromatic heterocycles. The molecule has 0 N–H and O–H groups in total. The molecule has 74 valence electrons. The second-order valence-corrected chi connectivity index (χ2v) is 4.48. The van der Waals surface area contributed by atoms with Crippen LogP contribution in [-0.2, 0) is 9.53 Å². The summed E-state index contributed by atoms with van der Waals surface area (Å²) in [7, 11) is 1.74. The Morgan fingerprint density at radius 3 is 2.85 bits per heavy atom. The fraction of sp³-hybridized carbons (Fsp3) is 0.909. The van der Waals surface area contributed by atoms with Crippen LogP contribution in [0.25, 0.3) is 0 Å². The van der Waals surface area contributed by atoms with Crippen molar-refractivity contribution in [1.82, 2.24) is 0 Å². The summed E-state index contributed by atoms with van der Waals surface area (Å²) in [5.74, 6) is 1.04. The molecular formula is C11H18O2. The van der Waals surface area contributed by atoms with Crippen molar-refractivity contribution in [2.75, 3.05) is 13.7 Å². The third-order valence-corrected chi connectivity index (χ3v) is 3.91. The van der Waals surface area contributed by atoms with Crippen molar-refractivity contribution in [2.24, 2.45) is 11.3 Å². The van der Waals surface area contributed by atoms with Crippen LogP contribution in [0.1, 0.15) is 38.5 Å². The van der Waals surface area contributed by atoms with E-state index >= 15 is 0 Å². The van der Waals surface area contributed by atoms with Crippen LogP contribution in [0.5, 0.6) is 0 Å². The van der Waals surface area contributed by atoms with Crippen LogP contribution < -0.4 is 0 Å². The molecule has 1 spiro atoms. The minimum absolute atomic E-state index is 0.0516. The maximum Gasteiger partial charge on any atom is 0.139 e. The molecule has 0 aromatic rings. The first kappa shape index (κ1) is 9.20. The first-order chi connectivity index (χ1) is 6.29. The summed E-state index contributed by atoms with van der Waals surface area (Å²) in [5.41, 5.74) is 0.0516. The van der Waals surface area contributed by atoms with E-state index in [0.717, 1.165) is 32.3 Å². The van der Waals surface area contributed by atoms with Gasteiger partial charge in [-0.15, -0.1) is 0 Å². The molecule has 0 aliphatic heterocycles. The van der Waals surface area contributed by atoms with E-state index in [1.807, 2.05) is 0 Å². The predicted octanol–water partition coefficient (Wildman–Crippen LogP) is 2.17. The monoisotopic (exact) mass is 182 g/mol. The summed E-state index contributed by atoms with van der Waals surface area (Å²) in [4.78, 5) is 11.8. The van der Waals surface area contributed by atoms with Gasteiger partial charge in [0, 0.05) is 25.6 Å². The Labute approximate surface area is 79.7 Å². The molecule has 2 aliphatic rings. The lowest BCUT2D eigenvalue weighted by molar-refractivity contribution is -0.128. The SMILES string of the molecule is COC[C@@H]1CCC[C@@]12CCCC2=O. The van der Waals surface area contributed by atoms with Crippen molar-refractivity contribution in [3.63, 3.8) is 0 Å². The fourth-order valence-corrected chi connectivity index (χ4v) is 3.24. The van der Waals surface area contributed by atoms with E-state index in [4.69, 9.17) is 4.74 Å². The summed E-state index contributed by atoms with van der Waals surface area (Å²) >= 11 is 0. The molecule has 2 fully saturated rings. The molecule has 0 heterocycles. The minimum atomic E-state index is 0.0516. The van der Waals surface area contributed by atoms with E-state index in [1.165, 1.54) is 12.8 Å². The molecule has 0 unspecified atom stereocenters. The van der Waals surface area contributed by atoms with Gasteiger partial charge in [-0.1, -0.05) is 6.42 Å².